The van der Waals surface area contributed by atoms with Crippen LogP contribution in [0.3, 0.4) is 0 Å². The number of esters is 1. The van der Waals surface area contributed by atoms with Crippen molar-refractivity contribution >= 4 is 39.6 Å². The molecule has 0 unspecified atom stereocenters. The third-order valence-electron chi connectivity index (χ3n) is 3.90. The molecular formula is C20H19NO4S2. The Morgan fingerprint density at radius 3 is 2.48 bits per heavy atom. The zero-order chi connectivity index (χ0) is 19.4. The highest BCUT2D eigenvalue weighted by molar-refractivity contribution is 7.17. The molecule has 0 spiro atoms. The van der Waals surface area contributed by atoms with Crippen molar-refractivity contribution in [2.75, 3.05) is 19.0 Å². The molecule has 0 radical (unpaired) electrons. The van der Waals surface area contributed by atoms with Gasteiger partial charge in [-0.05, 0) is 43.0 Å². The van der Waals surface area contributed by atoms with E-state index in [1.807, 2.05) is 49.6 Å². The van der Waals surface area contributed by atoms with Crippen LogP contribution in [0, 0.1) is 6.92 Å². The van der Waals surface area contributed by atoms with Gasteiger partial charge in [0.25, 0.3) is 5.91 Å². The topological polar surface area (TPSA) is 64.6 Å². The van der Waals surface area contributed by atoms with Crippen molar-refractivity contribution in [3.8, 4) is 16.9 Å². The summed E-state index contributed by atoms with van der Waals surface area (Å²) in [5.41, 5.74) is 2.00. The molecule has 1 aromatic carbocycles. The monoisotopic (exact) mass is 401 g/mol. The molecule has 2 heterocycles. The lowest BCUT2D eigenvalue weighted by molar-refractivity contribution is 0.0603. The molecule has 0 bridgehead atoms. The summed E-state index contributed by atoms with van der Waals surface area (Å²) < 4.78 is 10.5. The predicted octanol–water partition coefficient (Wildman–Crippen LogP) is 5.22. The van der Waals surface area contributed by atoms with Crippen LogP contribution in [0.15, 0.2) is 41.8 Å². The molecule has 0 aliphatic carbocycles. The fraction of sp³-hybridized carbons (Fsp3) is 0.200. The molecule has 1 N–H and O–H groups in total. The Morgan fingerprint density at radius 2 is 1.89 bits per heavy atom. The lowest BCUT2D eigenvalue weighted by Gasteiger charge is -2.09. The second-order valence-electron chi connectivity index (χ2n) is 5.62. The molecule has 5 nitrogen and oxygen atoms in total. The van der Waals surface area contributed by atoms with Crippen molar-refractivity contribution in [3.63, 3.8) is 0 Å². The van der Waals surface area contributed by atoms with Gasteiger partial charge in [0.1, 0.15) is 16.3 Å². The van der Waals surface area contributed by atoms with Crippen LogP contribution in [0.5, 0.6) is 5.75 Å². The quantitative estimate of drug-likeness (QED) is 0.575. The second kappa shape index (κ2) is 8.37. The van der Waals surface area contributed by atoms with E-state index in [4.69, 9.17) is 9.47 Å². The average Bonchev–Trinajstić information content (AvgIpc) is 3.30. The van der Waals surface area contributed by atoms with Gasteiger partial charge in [0, 0.05) is 10.4 Å². The summed E-state index contributed by atoms with van der Waals surface area (Å²) in [4.78, 5) is 26.4. The number of rotatable bonds is 6. The minimum atomic E-state index is -0.482. The number of aryl methyl sites for hydroxylation is 1. The van der Waals surface area contributed by atoms with Gasteiger partial charge in [-0.1, -0.05) is 18.2 Å². The Kier molecular flexibility index (Phi) is 5.93. The summed E-state index contributed by atoms with van der Waals surface area (Å²) in [6.45, 7) is 4.43. The number of methoxy groups -OCH3 is 1. The maximum absolute atomic E-state index is 12.5. The van der Waals surface area contributed by atoms with Gasteiger partial charge in [-0.3, -0.25) is 4.79 Å². The summed E-state index contributed by atoms with van der Waals surface area (Å²) in [5, 5.41) is 5.18. The fourth-order valence-corrected chi connectivity index (χ4v) is 4.41. The number of hydrogen-bond donors (Lipinski definition) is 1. The van der Waals surface area contributed by atoms with E-state index in [0.29, 0.717) is 22.0 Å². The number of benzene rings is 1. The molecule has 0 fully saturated rings. The first-order valence-electron chi connectivity index (χ1n) is 8.35. The smallest absolute Gasteiger partial charge is 0.341 e. The Morgan fingerprint density at radius 1 is 1.15 bits per heavy atom. The van der Waals surface area contributed by atoms with E-state index >= 15 is 0 Å². The zero-order valence-corrected chi connectivity index (χ0v) is 16.8. The lowest BCUT2D eigenvalue weighted by atomic mass is 10.0. The molecule has 140 valence electrons. The summed E-state index contributed by atoms with van der Waals surface area (Å²) in [6, 6.07) is 11.1. The van der Waals surface area contributed by atoms with Crippen LogP contribution < -0.4 is 10.1 Å². The molecule has 1 amide bonds. The average molecular weight is 402 g/mol. The molecule has 0 atom stereocenters. The standard InChI is InChI=1S/C20H19NO4S2/c1-4-25-14-9-7-13(8-10-14)16-12(2)27-19(17(16)20(23)24-3)21-18(22)15-6-5-11-26-15/h5-11H,4H2,1-3H3,(H,21,22). The third-order valence-corrected chi connectivity index (χ3v) is 5.79. The summed E-state index contributed by atoms with van der Waals surface area (Å²) >= 11 is 2.71. The SMILES string of the molecule is CCOc1ccc(-c2c(C)sc(NC(=O)c3cccs3)c2C(=O)OC)cc1. The van der Waals surface area contributed by atoms with Crippen molar-refractivity contribution in [2.45, 2.75) is 13.8 Å². The Labute approximate surface area is 165 Å². The van der Waals surface area contributed by atoms with E-state index in [-0.39, 0.29) is 5.91 Å². The molecule has 0 saturated carbocycles. The molecular weight excluding hydrogens is 382 g/mol. The van der Waals surface area contributed by atoms with Crippen molar-refractivity contribution in [1.29, 1.82) is 0 Å². The summed E-state index contributed by atoms with van der Waals surface area (Å²) in [6.07, 6.45) is 0. The van der Waals surface area contributed by atoms with Gasteiger partial charge >= 0.3 is 5.97 Å². The van der Waals surface area contributed by atoms with E-state index in [1.54, 1.807) is 6.07 Å². The molecule has 27 heavy (non-hydrogen) atoms. The maximum Gasteiger partial charge on any atom is 0.341 e. The third kappa shape index (κ3) is 4.04. The van der Waals surface area contributed by atoms with E-state index in [0.717, 1.165) is 21.8 Å². The van der Waals surface area contributed by atoms with E-state index in [1.165, 1.54) is 29.8 Å². The van der Waals surface area contributed by atoms with Crippen LogP contribution in [0.4, 0.5) is 5.00 Å². The van der Waals surface area contributed by atoms with Crippen LogP contribution in [-0.4, -0.2) is 25.6 Å². The lowest BCUT2D eigenvalue weighted by Crippen LogP contribution is -2.13. The predicted molar refractivity (Wildman–Crippen MR) is 109 cm³/mol. The molecule has 3 aromatic rings. The van der Waals surface area contributed by atoms with Crippen molar-refractivity contribution < 1.29 is 19.1 Å². The molecule has 3 rings (SSSR count). The molecule has 7 heteroatoms. The highest BCUT2D eigenvalue weighted by Crippen LogP contribution is 2.41. The van der Waals surface area contributed by atoms with Gasteiger partial charge in [-0.2, -0.15) is 0 Å². The first-order chi connectivity index (χ1) is 13.0. The van der Waals surface area contributed by atoms with Gasteiger partial charge in [0.15, 0.2) is 0 Å². The minimum absolute atomic E-state index is 0.241. The maximum atomic E-state index is 12.5. The van der Waals surface area contributed by atoms with Gasteiger partial charge < -0.3 is 14.8 Å². The highest BCUT2D eigenvalue weighted by Gasteiger charge is 2.25. The van der Waals surface area contributed by atoms with Gasteiger partial charge in [0.2, 0.25) is 0 Å². The summed E-state index contributed by atoms with van der Waals surface area (Å²) in [7, 11) is 1.34. The van der Waals surface area contributed by atoms with E-state index in [2.05, 4.69) is 5.32 Å². The highest BCUT2D eigenvalue weighted by atomic mass is 32.1. The number of hydrogen-bond acceptors (Lipinski definition) is 6. The van der Waals surface area contributed by atoms with E-state index < -0.39 is 5.97 Å². The van der Waals surface area contributed by atoms with Gasteiger partial charge in [0.05, 0.1) is 18.6 Å². The molecule has 0 aliphatic heterocycles. The number of nitrogens with one attached hydrogen (secondary N) is 1. The molecule has 0 aliphatic rings. The van der Waals surface area contributed by atoms with Crippen LogP contribution in [-0.2, 0) is 4.74 Å². The number of carbonyl (C=O) groups excluding carboxylic acids is 2. The Hall–Kier alpha value is -2.64. The van der Waals surface area contributed by atoms with E-state index in [9.17, 15) is 9.59 Å². The van der Waals surface area contributed by atoms with Crippen LogP contribution in [0.25, 0.3) is 11.1 Å². The first-order valence-corrected chi connectivity index (χ1v) is 10.0. The minimum Gasteiger partial charge on any atom is -0.494 e. The fourth-order valence-electron chi connectivity index (χ4n) is 2.73. The number of amides is 1. The normalized spacial score (nSPS) is 10.5. The number of thiophene rings is 2. The van der Waals surface area contributed by atoms with Crippen molar-refractivity contribution in [2.24, 2.45) is 0 Å². The molecule has 2 aromatic heterocycles. The van der Waals surface area contributed by atoms with Gasteiger partial charge in [-0.25, -0.2) is 4.79 Å². The Bertz CT molecular complexity index is 943. The second-order valence-corrected chi connectivity index (χ2v) is 7.79. The van der Waals surface area contributed by atoms with Crippen LogP contribution in [0.2, 0.25) is 0 Å². The zero-order valence-electron chi connectivity index (χ0n) is 15.2. The van der Waals surface area contributed by atoms with Gasteiger partial charge in [-0.15, -0.1) is 22.7 Å². The number of anilines is 1. The number of ether oxygens (including phenoxy) is 2. The summed E-state index contributed by atoms with van der Waals surface area (Å²) in [5.74, 6) is 0.0410. The first kappa shape index (κ1) is 19.1. The molecule has 0 saturated heterocycles. The van der Waals surface area contributed by atoms with Crippen LogP contribution in [0.1, 0.15) is 31.8 Å². The Balaban J connectivity index is 2.02. The van der Waals surface area contributed by atoms with Crippen LogP contribution >= 0.6 is 22.7 Å². The largest absolute Gasteiger partial charge is 0.494 e. The van der Waals surface area contributed by atoms with Crippen molar-refractivity contribution in [1.82, 2.24) is 0 Å². The van der Waals surface area contributed by atoms with Crippen molar-refractivity contribution in [3.05, 3.63) is 57.1 Å². The number of carbonyl (C=O) groups is 2.